The van der Waals surface area contributed by atoms with E-state index >= 15 is 0 Å². The Morgan fingerprint density at radius 3 is 2.85 bits per heavy atom. The van der Waals surface area contributed by atoms with Gasteiger partial charge in [-0.3, -0.25) is 4.79 Å². The largest absolute Gasteiger partial charge is 0.331 e. The van der Waals surface area contributed by atoms with Gasteiger partial charge in [0.25, 0.3) is 0 Å². The number of carbonyl (C=O) groups excluding carboxylic acids is 1. The Kier molecular flexibility index (Phi) is 3.20. The minimum atomic E-state index is -0.0467. The van der Waals surface area contributed by atoms with E-state index in [-0.39, 0.29) is 12.3 Å². The van der Waals surface area contributed by atoms with Crippen molar-refractivity contribution in [3.63, 3.8) is 0 Å². The molecule has 3 rings (SSSR count). The van der Waals surface area contributed by atoms with Gasteiger partial charge in [0.05, 0.1) is 17.6 Å². The number of imidazole rings is 1. The zero-order chi connectivity index (χ0) is 14.1. The number of para-hydroxylation sites is 2. The zero-order valence-corrected chi connectivity index (χ0v) is 11.8. The minimum Gasteiger partial charge on any atom is -0.331 e. The minimum absolute atomic E-state index is 0.0467. The maximum atomic E-state index is 12.3. The number of H-pyrrole nitrogens is 1. The van der Waals surface area contributed by atoms with Crippen molar-refractivity contribution in [2.45, 2.75) is 13.5 Å². The number of aryl methyl sites for hydroxylation is 1. The Morgan fingerprint density at radius 1 is 1.25 bits per heavy atom. The Labute approximate surface area is 121 Å². The van der Waals surface area contributed by atoms with E-state index in [1.54, 1.807) is 10.6 Å². The van der Waals surface area contributed by atoms with Gasteiger partial charge in [0.15, 0.2) is 4.77 Å². The van der Waals surface area contributed by atoms with Gasteiger partial charge < -0.3 is 9.55 Å². The molecule has 20 heavy (non-hydrogen) atoms. The molecular formula is C15H13N3OS. The molecular weight excluding hydrogens is 270 g/mol. The molecule has 0 aliphatic carbocycles. The van der Waals surface area contributed by atoms with Crippen LogP contribution in [-0.2, 0) is 6.54 Å². The van der Waals surface area contributed by atoms with Gasteiger partial charge in [-0.2, -0.15) is 0 Å². The number of hydrogen-bond donors (Lipinski definition) is 1. The second kappa shape index (κ2) is 5.02. The van der Waals surface area contributed by atoms with E-state index in [0.717, 1.165) is 16.7 Å². The molecule has 0 bridgehead atoms. The summed E-state index contributed by atoms with van der Waals surface area (Å²) in [6.45, 7) is 2.06. The highest BCUT2D eigenvalue weighted by atomic mass is 32.1. The van der Waals surface area contributed by atoms with Crippen LogP contribution in [0.4, 0.5) is 0 Å². The quantitative estimate of drug-likeness (QED) is 0.593. The van der Waals surface area contributed by atoms with Gasteiger partial charge in [-0.05, 0) is 43.4 Å². The molecule has 0 saturated heterocycles. The van der Waals surface area contributed by atoms with Gasteiger partial charge in [0.1, 0.15) is 5.69 Å². The average Bonchev–Trinajstić information content (AvgIpc) is 2.75. The predicted molar refractivity (Wildman–Crippen MR) is 80.4 cm³/mol. The van der Waals surface area contributed by atoms with E-state index in [0.29, 0.717) is 10.5 Å². The Balaban J connectivity index is 1.99. The summed E-state index contributed by atoms with van der Waals surface area (Å²) in [7, 11) is 0. The highest BCUT2D eigenvalue weighted by Crippen LogP contribution is 2.14. The summed E-state index contributed by atoms with van der Waals surface area (Å²) in [5, 5.41) is 0. The standard InChI is InChI=1S/C15H13N3OS/c1-10-5-4-7-12(16-10)14(19)9-18-13-8-3-2-6-11(13)17-15(18)20/h2-8H,9H2,1H3,(H,17,20). The van der Waals surface area contributed by atoms with Gasteiger partial charge in [-0.25, -0.2) is 4.98 Å². The summed E-state index contributed by atoms with van der Waals surface area (Å²) in [6.07, 6.45) is 0. The molecule has 0 amide bonds. The first kappa shape index (κ1) is 12.7. The lowest BCUT2D eigenvalue weighted by Gasteiger charge is -2.04. The number of hydrogen-bond acceptors (Lipinski definition) is 3. The van der Waals surface area contributed by atoms with Gasteiger partial charge in [-0.15, -0.1) is 0 Å². The van der Waals surface area contributed by atoms with Crippen LogP contribution in [0.5, 0.6) is 0 Å². The molecule has 2 heterocycles. The fourth-order valence-corrected chi connectivity index (χ4v) is 2.46. The molecule has 1 aromatic carbocycles. The van der Waals surface area contributed by atoms with E-state index in [9.17, 15) is 4.79 Å². The van der Waals surface area contributed by atoms with Crippen molar-refractivity contribution < 1.29 is 4.79 Å². The van der Waals surface area contributed by atoms with Crippen LogP contribution in [0.25, 0.3) is 11.0 Å². The van der Waals surface area contributed by atoms with E-state index in [1.165, 1.54) is 0 Å². The highest BCUT2D eigenvalue weighted by molar-refractivity contribution is 7.71. The number of rotatable bonds is 3. The first-order valence-electron chi connectivity index (χ1n) is 6.29. The van der Waals surface area contributed by atoms with Crippen molar-refractivity contribution in [1.29, 1.82) is 0 Å². The van der Waals surface area contributed by atoms with Gasteiger partial charge in [0.2, 0.25) is 5.78 Å². The maximum Gasteiger partial charge on any atom is 0.200 e. The number of nitrogens with one attached hydrogen (secondary N) is 1. The van der Waals surface area contributed by atoms with Crippen LogP contribution >= 0.6 is 12.2 Å². The first-order valence-corrected chi connectivity index (χ1v) is 6.70. The van der Waals surface area contributed by atoms with Crippen molar-refractivity contribution in [2.24, 2.45) is 0 Å². The molecule has 2 aromatic heterocycles. The Hall–Kier alpha value is -2.27. The molecule has 0 unspecified atom stereocenters. The molecule has 0 atom stereocenters. The van der Waals surface area contributed by atoms with Crippen LogP contribution < -0.4 is 0 Å². The van der Waals surface area contributed by atoms with Crippen LogP contribution in [0.1, 0.15) is 16.2 Å². The number of fused-ring (bicyclic) bond motifs is 1. The van der Waals surface area contributed by atoms with Crippen molar-refractivity contribution in [2.75, 3.05) is 0 Å². The second-order valence-corrected chi connectivity index (χ2v) is 5.01. The first-order chi connectivity index (χ1) is 9.65. The fourth-order valence-electron chi connectivity index (χ4n) is 2.19. The third-order valence-electron chi connectivity index (χ3n) is 3.16. The lowest BCUT2D eigenvalue weighted by molar-refractivity contribution is 0.0968. The smallest absolute Gasteiger partial charge is 0.200 e. The number of aromatic nitrogens is 3. The highest BCUT2D eigenvalue weighted by Gasteiger charge is 2.11. The summed E-state index contributed by atoms with van der Waals surface area (Å²) in [5.74, 6) is -0.0467. The number of ketones is 1. The molecule has 0 saturated carbocycles. The van der Waals surface area contributed by atoms with Crippen molar-refractivity contribution in [1.82, 2.24) is 14.5 Å². The SMILES string of the molecule is Cc1cccc(C(=O)Cn2c(=S)[nH]c3ccccc32)n1. The predicted octanol–water partition coefficient (Wildman–Crippen LogP) is 3.29. The topological polar surface area (TPSA) is 50.7 Å². The summed E-state index contributed by atoms with van der Waals surface area (Å²) >= 11 is 5.28. The number of Topliss-reactive ketones (excluding diaryl/α,β-unsaturated/α-hetero) is 1. The van der Waals surface area contributed by atoms with Crippen LogP contribution in [-0.4, -0.2) is 20.3 Å². The normalized spacial score (nSPS) is 10.8. The molecule has 0 fully saturated rings. The van der Waals surface area contributed by atoms with Gasteiger partial charge >= 0.3 is 0 Å². The number of pyridine rings is 1. The van der Waals surface area contributed by atoms with E-state index < -0.39 is 0 Å². The van der Waals surface area contributed by atoms with Gasteiger partial charge in [-0.1, -0.05) is 18.2 Å². The molecule has 100 valence electrons. The second-order valence-electron chi connectivity index (χ2n) is 4.62. The van der Waals surface area contributed by atoms with Crippen molar-refractivity contribution in [3.8, 4) is 0 Å². The number of carbonyl (C=O) groups is 1. The van der Waals surface area contributed by atoms with Crippen LogP contribution in [0, 0.1) is 11.7 Å². The lowest BCUT2D eigenvalue weighted by Crippen LogP contribution is -2.12. The van der Waals surface area contributed by atoms with Gasteiger partial charge in [0, 0.05) is 5.69 Å². The Morgan fingerprint density at radius 2 is 2.05 bits per heavy atom. The van der Waals surface area contributed by atoms with E-state index in [1.807, 2.05) is 43.3 Å². The zero-order valence-electron chi connectivity index (χ0n) is 11.0. The van der Waals surface area contributed by atoms with Crippen LogP contribution in [0.3, 0.4) is 0 Å². The molecule has 1 N–H and O–H groups in total. The summed E-state index contributed by atoms with van der Waals surface area (Å²) < 4.78 is 2.35. The molecule has 0 spiro atoms. The van der Waals surface area contributed by atoms with Crippen molar-refractivity contribution in [3.05, 3.63) is 58.6 Å². The van der Waals surface area contributed by atoms with Crippen LogP contribution in [0.2, 0.25) is 0 Å². The number of aromatic amines is 1. The van der Waals surface area contributed by atoms with Crippen LogP contribution in [0.15, 0.2) is 42.5 Å². The maximum absolute atomic E-state index is 12.3. The van der Waals surface area contributed by atoms with Crippen molar-refractivity contribution >= 4 is 29.0 Å². The average molecular weight is 283 g/mol. The molecule has 5 heteroatoms. The van der Waals surface area contributed by atoms with E-state index in [4.69, 9.17) is 12.2 Å². The number of nitrogens with zero attached hydrogens (tertiary/aromatic N) is 2. The third kappa shape index (κ3) is 2.28. The monoisotopic (exact) mass is 283 g/mol. The summed E-state index contributed by atoms with van der Waals surface area (Å²) in [4.78, 5) is 19.7. The molecule has 3 aromatic rings. The lowest BCUT2D eigenvalue weighted by atomic mass is 10.2. The van der Waals surface area contributed by atoms with E-state index in [2.05, 4.69) is 9.97 Å². The number of benzene rings is 1. The molecule has 4 nitrogen and oxygen atoms in total. The molecule has 0 aliphatic rings. The molecule has 0 aliphatic heterocycles. The summed E-state index contributed by atoms with van der Waals surface area (Å²) in [5.41, 5.74) is 3.16. The molecule has 0 radical (unpaired) electrons. The summed E-state index contributed by atoms with van der Waals surface area (Å²) in [6, 6.07) is 13.2. The fraction of sp³-hybridized carbons (Fsp3) is 0.133. The third-order valence-corrected chi connectivity index (χ3v) is 3.48. The Bertz CT molecular complexity index is 847.